The molecule has 0 bridgehead atoms. The normalized spacial score (nSPS) is 10.6. The van der Waals surface area contributed by atoms with E-state index in [1.54, 1.807) is 57.6 Å². The van der Waals surface area contributed by atoms with Crippen molar-refractivity contribution in [2.75, 3.05) is 42.0 Å². The minimum absolute atomic E-state index is 0.118. The second-order valence-electron chi connectivity index (χ2n) is 6.37. The number of carbonyl (C=O) groups excluding carboxylic acids is 2. The molecule has 0 spiro atoms. The fourth-order valence-electron chi connectivity index (χ4n) is 2.50. The van der Waals surface area contributed by atoms with Gasteiger partial charge in [-0.15, -0.1) is 0 Å². The van der Waals surface area contributed by atoms with Gasteiger partial charge < -0.3 is 23.8 Å². The highest BCUT2D eigenvalue weighted by atomic mass is 79.9. The zero-order valence-electron chi connectivity index (χ0n) is 17.5. The minimum Gasteiger partial charge on any atom is -0.497 e. The summed E-state index contributed by atoms with van der Waals surface area (Å²) in [6.07, 6.45) is 3.11. The van der Waals surface area contributed by atoms with Crippen LogP contribution in [-0.2, 0) is 4.79 Å². The molecule has 8 heteroatoms. The first-order valence-electron chi connectivity index (χ1n) is 8.95. The SMILES string of the molecule is COc1ccc(C(=O)C=Cc2cc(Br)c(OCC(=O)N(C)C)c(OC)c2)c(OC)c1. The van der Waals surface area contributed by atoms with Crippen LogP contribution in [-0.4, -0.2) is 58.6 Å². The van der Waals surface area contributed by atoms with E-state index in [-0.39, 0.29) is 18.3 Å². The molecule has 0 saturated carbocycles. The van der Waals surface area contributed by atoms with Crippen molar-refractivity contribution in [2.45, 2.75) is 0 Å². The van der Waals surface area contributed by atoms with Gasteiger partial charge in [0.05, 0.1) is 31.4 Å². The summed E-state index contributed by atoms with van der Waals surface area (Å²) in [6, 6.07) is 8.49. The summed E-state index contributed by atoms with van der Waals surface area (Å²) in [7, 11) is 7.85. The molecule has 0 saturated heterocycles. The molecule has 0 aromatic heterocycles. The van der Waals surface area contributed by atoms with Crippen LogP contribution in [0.25, 0.3) is 6.08 Å². The van der Waals surface area contributed by atoms with Gasteiger partial charge in [-0.2, -0.15) is 0 Å². The number of methoxy groups -OCH3 is 3. The summed E-state index contributed by atoms with van der Waals surface area (Å²) < 4.78 is 22.0. The first-order valence-corrected chi connectivity index (χ1v) is 9.75. The van der Waals surface area contributed by atoms with E-state index in [0.29, 0.717) is 38.6 Å². The summed E-state index contributed by atoms with van der Waals surface area (Å²) in [5.41, 5.74) is 1.13. The zero-order valence-corrected chi connectivity index (χ0v) is 19.1. The van der Waals surface area contributed by atoms with E-state index in [1.807, 2.05) is 0 Å². The molecular weight excluding hydrogens is 454 g/mol. The molecule has 160 valence electrons. The number of ether oxygens (including phenoxy) is 4. The summed E-state index contributed by atoms with van der Waals surface area (Å²) in [5, 5.41) is 0. The predicted molar refractivity (Wildman–Crippen MR) is 118 cm³/mol. The van der Waals surface area contributed by atoms with Gasteiger partial charge in [0.15, 0.2) is 23.9 Å². The topological polar surface area (TPSA) is 74.3 Å². The molecule has 0 aliphatic rings. The summed E-state index contributed by atoms with van der Waals surface area (Å²) in [5.74, 6) is 1.48. The lowest BCUT2D eigenvalue weighted by Crippen LogP contribution is -2.27. The first kappa shape index (κ1) is 23.3. The Balaban J connectivity index is 2.24. The lowest BCUT2D eigenvalue weighted by Gasteiger charge is -2.15. The van der Waals surface area contributed by atoms with Crippen LogP contribution < -0.4 is 18.9 Å². The molecule has 0 N–H and O–H groups in total. The molecule has 2 aromatic carbocycles. The van der Waals surface area contributed by atoms with Gasteiger partial charge in [0.2, 0.25) is 0 Å². The molecular formula is C22H24BrNO6. The van der Waals surface area contributed by atoms with Gasteiger partial charge in [0, 0.05) is 20.2 Å². The van der Waals surface area contributed by atoms with Gasteiger partial charge >= 0.3 is 0 Å². The van der Waals surface area contributed by atoms with Gasteiger partial charge in [0.25, 0.3) is 5.91 Å². The maximum Gasteiger partial charge on any atom is 0.259 e. The summed E-state index contributed by atoms with van der Waals surface area (Å²) >= 11 is 3.43. The van der Waals surface area contributed by atoms with Gasteiger partial charge in [-0.25, -0.2) is 0 Å². The Kier molecular flexibility index (Phi) is 8.29. The van der Waals surface area contributed by atoms with E-state index in [4.69, 9.17) is 18.9 Å². The Morgan fingerprint density at radius 2 is 1.70 bits per heavy atom. The van der Waals surface area contributed by atoms with Crippen molar-refractivity contribution in [3.63, 3.8) is 0 Å². The Morgan fingerprint density at radius 3 is 2.30 bits per heavy atom. The standard InChI is InChI=1S/C22H24BrNO6/c1-24(2)21(26)13-30-22-17(23)10-14(11-20(22)29-5)6-9-18(25)16-8-7-15(27-3)12-19(16)28-4/h6-12H,13H2,1-5H3. The fraction of sp³-hybridized carbons (Fsp3) is 0.273. The number of nitrogens with zero attached hydrogens (tertiary/aromatic N) is 1. The Bertz CT molecular complexity index is 955. The van der Waals surface area contributed by atoms with E-state index in [0.717, 1.165) is 0 Å². The van der Waals surface area contributed by atoms with Crippen molar-refractivity contribution in [1.29, 1.82) is 0 Å². The van der Waals surface area contributed by atoms with Crippen molar-refractivity contribution in [3.05, 3.63) is 52.0 Å². The highest BCUT2D eigenvalue weighted by Gasteiger charge is 2.15. The predicted octanol–water partition coefficient (Wildman–Crippen LogP) is 3.84. The molecule has 0 atom stereocenters. The van der Waals surface area contributed by atoms with Gasteiger partial charge in [-0.05, 0) is 51.8 Å². The maximum atomic E-state index is 12.6. The van der Waals surface area contributed by atoms with E-state index in [9.17, 15) is 9.59 Å². The lowest BCUT2D eigenvalue weighted by atomic mass is 10.1. The van der Waals surface area contributed by atoms with Crippen LogP contribution >= 0.6 is 15.9 Å². The average molecular weight is 478 g/mol. The summed E-state index contributed by atoms with van der Waals surface area (Å²) in [4.78, 5) is 25.8. The van der Waals surface area contributed by atoms with Crippen LogP contribution in [0, 0.1) is 0 Å². The average Bonchev–Trinajstić information content (AvgIpc) is 2.75. The number of allylic oxidation sites excluding steroid dienone is 1. The number of rotatable bonds is 9. The van der Waals surface area contributed by atoms with Gasteiger partial charge in [-0.1, -0.05) is 6.08 Å². The number of ketones is 1. The molecule has 30 heavy (non-hydrogen) atoms. The molecule has 7 nitrogen and oxygen atoms in total. The van der Waals surface area contributed by atoms with Crippen LogP contribution in [0.15, 0.2) is 40.9 Å². The van der Waals surface area contributed by atoms with Crippen LogP contribution in [0.3, 0.4) is 0 Å². The third-order valence-electron chi connectivity index (χ3n) is 4.19. The number of amides is 1. The van der Waals surface area contributed by atoms with Gasteiger partial charge in [0.1, 0.15) is 11.5 Å². The number of likely N-dealkylation sites (N-methyl/N-ethyl adjacent to an activating group) is 1. The number of benzene rings is 2. The lowest BCUT2D eigenvalue weighted by molar-refractivity contribution is -0.130. The third-order valence-corrected chi connectivity index (χ3v) is 4.78. The van der Waals surface area contributed by atoms with Crippen LogP contribution in [0.5, 0.6) is 23.0 Å². The number of hydrogen-bond acceptors (Lipinski definition) is 6. The van der Waals surface area contributed by atoms with Crippen molar-refractivity contribution in [1.82, 2.24) is 4.90 Å². The smallest absolute Gasteiger partial charge is 0.259 e. The second kappa shape index (κ2) is 10.7. The molecule has 0 heterocycles. The number of halogens is 1. The Morgan fingerprint density at radius 1 is 1.00 bits per heavy atom. The number of carbonyl (C=O) groups is 2. The molecule has 0 aliphatic carbocycles. The molecule has 0 radical (unpaired) electrons. The van der Waals surface area contributed by atoms with Gasteiger partial charge in [-0.3, -0.25) is 9.59 Å². The maximum absolute atomic E-state index is 12.6. The third kappa shape index (κ3) is 5.76. The second-order valence-corrected chi connectivity index (χ2v) is 7.23. The summed E-state index contributed by atoms with van der Waals surface area (Å²) in [6.45, 7) is -0.118. The molecule has 0 aliphatic heterocycles. The van der Waals surface area contributed by atoms with Crippen LogP contribution in [0.4, 0.5) is 0 Å². The van der Waals surface area contributed by atoms with Crippen molar-refractivity contribution in [2.24, 2.45) is 0 Å². The quantitative estimate of drug-likeness (QED) is 0.403. The molecule has 2 rings (SSSR count). The minimum atomic E-state index is -0.221. The van der Waals surface area contributed by atoms with E-state index in [2.05, 4.69) is 15.9 Å². The van der Waals surface area contributed by atoms with Crippen LogP contribution in [0.1, 0.15) is 15.9 Å². The van der Waals surface area contributed by atoms with Crippen molar-refractivity contribution < 1.29 is 28.5 Å². The zero-order chi connectivity index (χ0) is 22.3. The highest BCUT2D eigenvalue weighted by Crippen LogP contribution is 2.37. The van der Waals surface area contributed by atoms with Crippen molar-refractivity contribution >= 4 is 33.7 Å². The fourth-order valence-corrected chi connectivity index (χ4v) is 3.08. The highest BCUT2D eigenvalue weighted by molar-refractivity contribution is 9.10. The van der Waals surface area contributed by atoms with E-state index in [1.165, 1.54) is 25.2 Å². The molecule has 0 unspecified atom stereocenters. The molecule has 0 fully saturated rings. The number of hydrogen-bond donors (Lipinski definition) is 0. The van der Waals surface area contributed by atoms with E-state index >= 15 is 0 Å². The molecule has 2 aromatic rings. The largest absolute Gasteiger partial charge is 0.497 e. The van der Waals surface area contributed by atoms with Crippen LogP contribution in [0.2, 0.25) is 0 Å². The monoisotopic (exact) mass is 477 g/mol. The van der Waals surface area contributed by atoms with Crippen molar-refractivity contribution in [3.8, 4) is 23.0 Å². The van der Waals surface area contributed by atoms with E-state index < -0.39 is 0 Å². The Hall–Kier alpha value is -3.00. The molecule has 1 amide bonds. The Labute approximate surface area is 184 Å². The first-order chi connectivity index (χ1) is 14.3.